The average molecular weight is 418 g/mol. The molecule has 8 nitrogen and oxygen atoms in total. The molecule has 1 fully saturated rings. The van der Waals surface area contributed by atoms with E-state index < -0.39 is 33.9 Å². The van der Waals surface area contributed by atoms with E-state index in [4.69, 9.17) is 16.3 Å². The van der Waals surface area contributed by atoms with Crippen molar-refractivity contribution in [2.75, 3.05) is 23.9 Å². The van der Waals surface area contributed by atoms with E-state index in [2.05, 4.69) is 16.0 Å². The second kappa shape index (κ2) is 8.79. The molecule has 1 aliphatic rings. The molecule has 27 heavy (non-hydrogen) atoms. The monoisotopic (exact) mass is 417 g/mol. The largest absolute Gasteiger partial charge is 0.495 e. The third kappa shape index (κ3) is 6.00. The van der Waals surface area contributed by atoms with Crippen LogP contribution >= 0.6 is 11.6 Å². The van der Waals surface area contributed by atoms with Crippen LogP contribution in [-0.4, -0.2) is 51.1 Å². The smallest absolute Gasteiger partial charge is 0.315 e. The number of amides is 3. The van der Waals surface area contributed by atoms with Gasteiger partial charge in [0.25, 0.3) is 0 Å². The summed E-state index contributed by atoms with van der Waals surface area (Å²) in [5.41, 5.74) is 0.473. The number of urea groups is 1. The summed E-state index contributed by atoms with van der Waals surface area (Å²) in [6, 6.07) is 3.01. The molecule has 150 valence electrons. The molecule has 3 N–H and O–H groups in total. The Bertz CT molecular complexity index is 813. The van der Waals surface area contributed by atoms with Gasteiger partial charge in [0.1, 0.15) is 11.8 Å². The summed E-state index contributed by atoms with van der Waals surface area (Å²) in [4.78, 5) is 24.8. The van der Waals surface area contributed by atoms with Crippen LogP contribution in [0.2, 0.25) is 5.02 Å². The molecule has 1 aliphatic heterocycles. The first-order chi connectivity index (χ1) is 12.6. The Hall–Kier alpha value is -2.00. The minimum atomic E-state index is -3.10. The van der Waals surface area contributed by atoms with Gasteiger partial charge in [0.05, 0.1) is 23.6 Å². The van der Waals surface area contributed by atoms with Gasteiger partial charge in [-0.1, -0.05) is 25.4 Å². The zero-order valence-corrected chi connectivity index (χ0v) is 17.0. The van der Waals surface area contributed by atoms with Crippen molar-refractivity contribution in [1.82, 2.24) is 10.6 Å². The Morgan fingerprint density at radius 2 is 2.00 bits per heavy atom. The van der Waals surface area contributed by atoms with Crippen molar-refractivity contribution in [3.8, 4) is 5.75 Å². The number of hydrogen-bond acceptors (Lipinski definition) is 5. The summed E-state index contributed by atoms with van der Waals surface area (Å²) in [6.45, 7) is 3.59. The van der Waals surface area contributed by atoms with Gasteiger partial charge < -0.3 is 20.7 Å². The number of halogens is 1. The highest BCUT2D eigenvalue weighted by atomic mass is 35.5. The van der Waals surface area contributed by atoms with Crippen LogP contribution in [0.15, 0.2) is 18.2 Å². The van der Waals surface area contributed by atoms with Crippen LogP contribution in [0.5, 0.6) is 5.75 Å². The summed E-state index contributed by atoms with van der Waals surface area (Å²) < 4.78 is 28.0. The van der Waals surface area contributed by atoms with Gasteiger partial charge in [-0.15, -0.1) is 0 Å². The summed E-state index contributed by atoms with van der Waals surface area (Å²) in [6.07, 6.45) is 0.374. The van der Waals surface area contributed by atoms with E-state index in [0.29, 0.717) is 22.9 Å². The molecule has 2 rings (SSSR count). The number of nitrogens with one attached hydrogen (secondary N) is 3. The number of methoxy groups -OCH3 is 1. The Kier molecular flexibility index (Phi) is 6.94. The highest BCUT2D eigenvalue weighted by molar-refractivity contribution is 7.91. The minimum absolute atomic E-state index is 0.0598. The SMILES string of the molecule is COc1ccc(NC(=O)C(NC(=O)NC2CCS(=O)(=O)C2)C(C)C)cc1Cl. The maximum atomic E-state index is 12.6. The summed E-state index contributed by atoms with van der Waals surface area (Å²) in [7, 11) is -1.60. The predicted molar refractivity (Wildman–Crippen MR) is 104 cm³/mol. The van der Waals surface area contributed by atoms with Gasteiger partial charge in [0.15, 0.2) is 9.84 Å². The Labute approximate surface area is 163 Å². The highest BCUT2D eigenvalue weighted by Gasteiger charge is 2.30. The van der Waals surface area contributed by atoms with E-state index in [-0.39, 0.29) is 17.4 Å². The van der Waals surface area contributed by atoms with Crippen LogP contribution in [0, 0.1) is 5.92 Å². The molecule has 2 unspecified atom stereocenters. The van der Waals surface area contributed by atoms with Gasteiger partial charge in [0, 0.05) is 11.7 Å². The van der Waals surface area contributed by atoms with Gasteiger partial charge in [-0.3, -0.25) is 4.79 Å². The van der Waals surface area contributed by atoms with Crippen molar-refractivity contribution < 1.29 is 22.7 Å². The second-order valence-corrected chi connectivity index (χ2v) is 9.41. The maximum absolute atomic E-state index is 12.6. The fraction of sp³-hybridized carbons (Fsp3) is 0.529. The van der Waals surface area contributed by atoms with Gasteiger partial charge in [-0.25, -0.2) is 13.2 Å². The number of sulfone groups is 1. The Morgan fingerprint density at radius 3 is 2.52 bits per heavy atom. The lowest BCUT2D eigenvalue weighted by atomic mass is 10.0. The first-order valence-corrected chi connectivity index (χ1v) is 10.7. The van der Waals surface area contributed by atoms with Crippen molar-refractivity contribution in [2.45, 2.75) is 32.4 Å². The minimum Gasteiger partial charge on any atom is -0.495 e. The van der Waals surface area contributed by atoms with Crippen LogP contribution in [0.25, 0.3) is 0 Å². The molecule has 0 radical (unpaired) electrons. The van der Waals surface area contributed by atoms with E-state index in [0.717, 1.165) is 0 Å². The summed E-state index contributed by atoms with van der Waals surface area (Å²) in [5, 5.41) is 8.29. The molecule has 1 aromatic carbocycles. The van der Waals surface area contributed by atoms with Crippen molar-refractivity contribution in [1.29, 1.82) is 0 Å². The van der Waals surface area contributed by atoms with E-state index in [1.807, 2.05) is 0 Å². The fourth-order valence-corrected chi connectivity index (χ4v) is 4.71. The highest BCUT2D eigenvalue weighted by Crippen LogP contribution is 2.27. The third-order valence-electron chi connectivity index (χ3n) is 4.22. The van der Waals surface area contributed by atoms with Gasteiger partial charge >= 0.3 is 6.03 Å². The summed E-state index contributed by atoms with van der Waals surface area (Å²) >= 11 is 6.05. The molecule has 1 heterocycles. The van der Waals surface area contributed by atoms with E-state index in [9.17, 15) is 18.0 Å². The van der Waals surface area contributed by atoms with Crippen LogP contribution in [0.1, 0.15) is 20.3 Å². The molecule has 0 saturated carbocycles. The van der Waals surface area contributed by atoms with Gasteiger partial charge in [-0.2, -0.15) is 0 Å². The number of carbonyl (C=O) groups excluding carboxylic acids is 2. The lowest BCUT2D eigenvalue weighted by Crippen LogP contribution is -2.52. The second-order valence-electron chi connectivity index (χ2n) is 6.78. The van der Waals surface area contributed by atoms with Gasteiger partial charge in [-0.05, 0) is 30.5 Å². The topological polar surface area (TPSA) is 114 Å². The van der Waals surface area contributed by atoms with Gasteiger partial charge in [0.2, 0.25) is 5.91 Å². The molecular weight excluding hydrogens is 394 g/mol. The summed E-state index contributed by atoms with van der Waals surface area (Å²) in [5.74, 6) is -0.121. The van der Waals surface area contributed by atoms with E-state index in [1.54, 1.807) is 32.0 Å². The first kappa shape index (κ1) is 21.3. The van der Waals surface area contributed by atoms with Crippen molar-refractivity contribution >= 4 is 39.1 Å². The molecule has 1 aromatic rings. The molecule has 10 heteroatoms. The molecular formula is C17H24ClN3O5S. The van der Waals surface area contributed by atoms with Crippen LogP contribution in [-0.2, 0) is 14.6 Å². The Balaban J connectivity index is 1.98. The Morgan fingerprint density at radius 1 is 1.30 bits per heavy atom. The number of anilines is 1. The van der Waals surface area contributed by atoms with Crippen molar-refractivity contribution in [3.63, 3.8) is 0 Å². The average Bonchev–Trinajstić information content (AvgIpc) is 2.91. The number of rotatable bonds is 6. The van der Waals surface area contributed by atoms with Crippen LogP contribution in [0.4, 0.5) is 10.5 Å². The van der Waals surface area contributed by atoms with E-state index >= 15 is 0 Å². The predicted octanol–water partition coefficient (Wildman–Crippen LogP) is 1.80. The molecule has 1 saturated heterocycles. The van der Waals surface area contributed by atoms with E-state index in [1.165, 1.54) is 7.11 Å². The zero-order valence-electron chi connectivity index (χ0n) is 15.4. The van der Waals surface area contributed by atoms with Crippen molar-refractivity contribution in [2.24, 2.45) is 5.92 Å². The number of ether oxygens (including phenoxy) is 1. The molecule has 2 atom stereocenters. The molecule has 0 bridgehead atoms. The third-order valence-corrected chi connectivity index (χ3v) is 6.29. The van der Waals surface area contributed by atoms with Crippen LogP contribution in [0.3, 0.4) is 0 Å². The number of carbonyl (C=O) groups is 2. The number of benzene rings is 1. The standard InChI is InChI=1S/C17H24ClN3O5S/c1-10(2)15(21-17(23)20-12-6-7-27(24,25)9-12)16(22)19-11-4-5-14(26-3)13(18)8-11/h4-5,8,10,12,15H,6-7,9H2,1-3H3,(H,19,22)(H2,20,21,23). The zero-order chi connectivity index (χ0) is 20.2. The number of hydrogen-bond donors (Lipinski definition) is 3. The lowest BCUT2D eigenvalue weighted by Gasteiger charge is -2.23. The normalized spacial score (nSPS) is 19.4. The fourth-order valence-electron chi connectivity index (χ4n) is 2.78. The molecule has 0 aliphatic carbocycles. The first-order valence-electron chi connectivity index (χ1n) is 8.53. The quantitative estimate of drug-likeness (QED) is 0.653. The molecule has 0 aromatic heterocycles. The van der Waals surface area contributed by atoms with Crippen molar-refractivity contribution in [3.05, 3.63) is 23.2 Å². The lowest BCUT2D eigenvalue weighted by molar-refractivity contribution is -0.118. The molecule has 3 amide bonds. The maximum Gasteiger partial charge on any atom is 0.315 e. The van der Waals surface area contributed by atoms with Crippen LogP contribution < -0.4 is 20.7 Å². The molecule has 0 spiro atoms.